The fourth-order valence-electron chi connectivity index (χ4n) is 1.27. The van der Waals surface area contributed by atoms with Crippen LogP contribution in [0.5, 0.6) is 0 Å². The molecule has 0 aromatic carbocycles. The van der Waals surface area contributed by atoms with E-state index >= 15 is 0 Å². The zero-order valence-corrected chi connectivity index (χ0v) is 7.01. The van der Waals surface area contributed by atoms with Gasteiger partial charge in [0.05, 0.1) is 6.20 Å². The summed E-state index contributed by atoms with van der Waals surface area (Å²) >= 11 is 0. The van der Waals surface area contributed by atoms with E-state index in [1.54, 1.807) is 12.5 Å². The summed E-state index contributed by atoms with van der Waals surface area (Å²) < 4.78 is 1.87. The van der Waals surface area contributed by atoms with Crippen molar-refractivity contribution in [3.05, 3.63) is 18.9 Å². The molecule has 2 aromatic heterocycles. The lowest BCUT2D eigenvalue weighted by Crippen LogP contribution is -2.15. The fourth-order valence-corrected chi connectivity index (χ4v) is 1.27. The van der Waals surface area contributed by atoms with E-state index in [4.69, 9.17) is 0 Å². The molecule has 2 heterocycles. The maximum Gasteiger partial charge on any atom is 0.181 e. The van der Waals surface area contributed by atoms with Gasteiger partial charge in [0.15, 0.2) is 5.65 Å². The van der Waals surface area contributed by atoms with Gasteiger partial charge in [-0.1, -0.05) is 0 Å². The zero-order chi connectivity index (χ0) is 8.67. The van der Waals surface area contributed by atoms with Crippen molar-refractivity contribution < 1.29 is 0 Å². The van der Waals surface area contributed by atoms with E-state index in [-0.39, 0.29) is 0 Å². The topological polar surface area (TPSA) is 55.6 Å². The summed E-state index contributed by atoms with van der Waals surface area (Å²) in [5, 5.41) is 0. The zero-order valence-electron chi connectivity index (χ0n) is 7.01. The molecular formula is C8H9N5. The lowest BCUT2D eigenvalue weighted by atomic mass is 10.6. The number of hydrogen-bond acceptors (Lipinski definition) is 4. The van der Waals surface area contributed by atoms with Crippen molar-refractivity contribution in [2.24, 2.45) is 0 Å². The number of imidazole rings is 1. The van der Waals surface area contributed by atoms with Crippen LogP contribution < -0.4 is 5.43 Å². The Morgan fingerprint density at radius 1 is 1.38 bits per heavy atom. The minimum Gasteiger partial charge on any atom is -0.320 e. The van der Waals surface area contributed by atoms with Crippen molar-refractivity contribution in [2.75, 3.05) is 5.43 Å². The van der Waals surface area contributed by atoms with Crippen LogP contribution in [-0.4, -0.2) is 25.7 Å². The molecule has 0 spiro atoms. The van der Waals surface area contributed by atoms with Gasteiger partial charge >= 0.3 is 0 Å². The molecule has 0 unspecified atom stereocenters. The van der Waals surface area contributed by atoms with Crippen molar-refractivity contribution in [2.45, 2.75) is 18.9 Å². The van der Waals surface area contributed by atoms with Gasteiger partial charge in [0.1, 0.15) is 18.2 Å². The number of hydrogen-bond donors (Lipinski definition) is 1. The van der Waals surface area contributed by atoms with Gasteiger partial charge in [-0.2, -0.15) is 0 Å². The largest absolute Gasteiger partial charge is 0.320 e. The fraction of sp³-hybridized carbons (Fsp3) is 0.375. The van der Waals surface area contributed by atoms with Crippen LogP contribution in [0.25, 0.3) is 11.2 Å². The highest BCUT2D eigenvalue weighted by Gasteiger charge is 2.21. The lowest BCUT2D eigenvalue weighted by molar-refractivity contribution is 0.847. The van der Waals surface area contributed by atoms with Gasteiger partial charge in [-0.15, -0.1) is 0 Å². The molecule has 1 aliphatic carbocycles. The Balaban J connectivity index is 2.06. The number of aromatic nitrogens is 4. The first-order valence-corrected chi connectivity index (χ1v) is 4.33. The van der Waals surface area contributed by atoms with Gasteiger partial charge < -0.3 is 5.43 Å². The van der Waals surface area contributed by atoms with Crippen LogP contribution in [0.3, 0.4) is 0 Å². The summed E-state index contributed by atoms with van der Waals surface area (Å²) in [4.78, 5) is 12.2. The minimum absolute atomic E-state index is 0.604. The average molecular weight is 175 g/mol. The van der Waals surface area contributed by atoms with Crippen LogP contribution in [0, 0.1) is 0 Å². The molecule has 3 rings (SSSR count). The molecule has 5 heteroatoms. The molecule has 0 atom stereocenters. The average Bonchev–Trinajstić information content (AvgIpc) is 2.88. The van der Waals surface area contributed by atoms with Crippen molar-refractivity contribution >= 4 is 11.2 Å². The van der Waals surface area contributed by atoms with Crippen LogP contribution >= 0.6 is 0 Å². The van der Waals surface area contributed by atoms with Crippen molar-refractivity contribution in [1.29, 1.82) is 0 Å². The van der Waals surface area contributed by atoms with E-state index < -0.39 is 0 Å². The Kier molecular flexibility index (Phi) is 1.27. The van der Waals surface area contributed by atoms with E-state index in [0.29, 0.717) is 6.04 Å². The van der Waals surface area contributed by atoms with E-state index in [9.17, 15) is 0 Å². The second-order valence-corrected chi connectivity index (χ2v) is 3.25. The van der Waals surface area contributed by atoms with Crippen LogP contribution in [0.15, 0.2) is 18.9 Å². The Morgan fingerprint density at radius 3 is 3.15 bits per heavy atom. The van der Waals surface area contributed by atoms with Gasteiger partial charge in [0.2, 0.25) is 0 Å². The molecule has 66 valence electrons. The van der Waals surface area contributed by atoms with Gasteiger partial charge in [-0.05, 0) is 12.8 Å². The predicted octanol–water partition coefficient (Wildman–Crippen LogP) is 0.532. The van der Waals surface area contributed by atoms with Crippen molar-refractivity contribution in [3.63, 3.8) is 0 Å². The predicted molar refractivity (Wildman–Crippen MR) is 47.7 cm³/mol. The van der Waals surface area contributed by atoms with Crippen LogP contribution in [0.4, 0.5) is 0 Å². The first-order valence-electron chi connectivity index (χ1n) is 4.33. The Hall–Kier alpha value is -1.65. The quantitative estimate of drug-likeness (QED) is 0.723. The molecule has 1 aliphatic rings. The Labute approximate surface area is 74.8 Å². The molecule has 1 fully saturated rings. The van der Waals surface area contributed by atoms with E-state index in [0.717, 1.165) is 11.2 Å². The molecule has 0 amide bonds. The summed E-state index contributed by atoms with van der Waals surface area (Å²) in [6, 6.07) is 0.604. The molecule has 0 radical (unpaired) electrons. The summed E-state index contributed by atoms with van der Waals surface area (Å²) in [6.45, 7) is 0. The maximum atomic E-state index is 4.17. The van der Waals surface area contributed by atoms with E-state index in [2.05, 4.69) is 20.4 Å². The van der Waals surface area contributed by atoms with Crippen LogP contribution in [0.2, 0.25) is 0 Å². The SMILES string of the molecule is c1ncc2ncn(NC3CC3)c2n1. The standard InChI is InChI=1S/C8H9N5/c1-2-6(1)12-13-5-11-7-3-9-4-10-8(7)13/h3-6,12H,1-2H2. The molecule has 0 aliphatic heterocycles. The second kappa shape index (κ2) is 2.42. The third kappa shape index (κ3) is 1.12. The smallest absolute Gasteiger partial charge is 0.181 e. The normalized spacial score (nSPS) is 16.3. The van der Waals surface area contributed by atoms with Gasteiger partial charge in [0.25, 0.3) is 0 Å². The lowest BCUT2D eigenvalue weighted by Gasteiger charge is -2.04. The van der Waals surface area contributed by atoms with Crippen molar-refractivity contribution in [3.8, 4) is 0 Å². The van der Waals surface area contributed by atoms with E-state index in [1.807, 2.05) is 4.68 Å². The highest BCUT2D eigenvalue weighted by molar-refractivity contribution is 5.69. The summed E-state index contributed by atoms with van der Waals surface area (Å²) in [5.74, 6) is 0. The molecule has 2 aromatic rings. The molecule has 5 nitrogen and oxygen atoms in total. The molecule has 0 saturated heterocycles. The third-order valence-electron chi connectivity index (χ3n) is 2.11. The Morgan fingerprint density at radius 2 is 2.31 bits per heavy atom. The highest BCUT2D eigenvalue weighted by Crippen LogP contribution is 2.20. The van der Waals surface area contributed by atoms with Gasteiger partial charge in [-0.3, -0.25) is 0 Å². The third-order valence-corrected chi connectivity index (χ3v) is 2.11. The molecule has 0 bridgehead atoms. The number of fused-ring (bicyclic) bond motifs is 1. The van der Waals surface area contributed by atoms with Crippen LogP contribution in [0.1, 0.15) is 12.8 Å². The summed E-state index contributed by atoms with van der Waals surface area (Å²) in [5.41, 5.74) is 4.98. The summed E-state index contributed by atoms with van der Waals surface area (Å²) in [6.07, 6.45) is 7.48. The van der Waals surface area contributed by atoms with Gasteiger partial charge in [0, 0.05) is 6.04 Å². The first kappa shape index (κ1) is 6.82. The number of nitrogens with zero attached hydrogens (tertiary/aromatic N) is 4. The maximum absolute atomic E-state index is 4.17. The number of nitrogens with one attached hydrogen (secondary N) is 1. The number of rotatable bonds is 2. The monoisotopic (exact) mass is 175 g/mol. The highest BCUT2D eigenvalue weighted by atomic mass is 15.5. The summed E-state index contributed by atoms with van der Waals surface area (Å²) in [7, 11) is 0. The molecule has 1 N–H and O–H groups in total. The van der Waals surface area contributed by atoms with Crippen molar-refractivity contribution in [1.82, 2.24) is 19.6 Å². The minimum atomic E-state index is 0.604. The molecule has 1 saturated carbocycles. The van der Waals surface area contributed by atoms with Crippen LogP contribution in [-0.2, 0) is 0 Å². The molecular weight excluding hydrogens is 166 g/mol. The Bertz CT molecular complexity index is 431. The van der Waals surface area contributed by atoms with E-state index in [1.165, 1.54) is 19.2 Å². The molecule has 13 heavy (non-hydrogen) atoms. The second-order valence-electron chi connectivity index (χ2n) is 3.25. The first-order chi connectivity index (χ1) is 6.43. The van der Waals surface area contributed by atoms with Gasteiger partial charge in [-0.25, -0.2) is 19.6 Å².